The van der Waals surface area contributed by atoms with Gasteiger partial charge in [0.2, 0.25) is 11.8 Å². The number of aryl methyl sites for hydroxylation is 1. The zero-order valence-electron chi connectivity index (χ0n) is 12.6. The zero-order valence-corrected chi connectivity index (χ0v) is 12.6. The maximum Gasteiger partial charge on any atom is 0.329 e. The van der Waals surface area contributed by atoms with Crippen molar-refractivity contribution in [3.05, 3.63) is 11.7 Å². The van der Waals surface area contributed by atoms with Crippen LogP contribution in [-0.4, -0.2) is 44.1 Å². The van der Waals surface area contributed by atoms with E-state index in [1.54, 1.807) is 6.92 Å². The summed E-state index contributed by atoms with van der Waals surface area (Å²) >= 11 is 0. The van der Waals surface area contributed by atoms with Crippen molar-refractivity contribution in [1.82, 2.24) is 15.0 Å². The minimum Gasteiger partial charge on any atom is -0.480 e. The summed E-state index contributed by atoms with van der Waals surface area (Å²) in [4.78, 5) is 29.3. The Morgan fingerprint density at radius 1 is 1.48 bits per heavy atom. The lowest BCUT2D eigenvalue weighted by atomic mass is 9.99. The van der Waals surface area contributed by atoms with Crippen molar-refractivity contribution in [2.75, 3.05) is 6.54 Å². The molecule has 0 saturated carbocycles. The van der Waals surface area contributed by atoms with Crippen LogP contribution in [0.25, 0.3) is 0 Å². The molecule has 0 spiro atoms. The molecule has 1 aliphatic rings. The number of hydrogen-bond acceptors (Lipinski definition) is 5. The van der Waals surface area contributed by atoms with Gasteiger partial charge in [0.05, 0.1) is 0 Å². The van der Waals surface area contributed by atoms with Crippen LogP contribution in [0.2, 0.25) is 0 Å². The molecule has 1 aliphatic heterocycles. The molecule has 1 fully saturated rings. The Morgan fingerprint density at radius 2 is 2.19 bits per heavy atom. The lowest BCUT2D eigenvalue weighted by Gasteiger charge is -2.31. The Labute approximate surface area is 123 Å². The maximum absolute atomic E-state index is 12.3. The van der Waals surface area contributed by atoms with Gasteiger partial charge in [0.25, 0.3) is 0 Å². The van der Waals surface area contributed by atoms with Gasteiger partial charge in [0.1, 0.15) is 5.54 Å². The molecule has 116 valence electrons. The molecule has 0 aliphatic carbocycles. The van der Waals surface area contributed by atoms with Gasteiger partial charge in [-0.3, -0.25) is 4.79 Å². The number of nitrogens with zero attached hydrogens (tertiary/aromatic N) is 3. The van der Waals surface area contributed by atoms with E-state index < -0.39 is 11.5 Å². The summed E-state index contributed by atoms with van der Waals surface area (Å²) in [6, 6.07) is 0. The minimum absolute atomic E-state index is 0.173. The standard InChI is InChI=1S/C14H21N3O4/c1-9(2)12-15-10(21-16-12)5-6-11(18)17-8-4-7-14(17,3)13(19)20/h9H,4-8H2,1-3H3,(H,19,20). The first-order chi connectivity index (χ1) is 9.84. The van der Waals surface area contributed by atoms with Crippen molar-refractivity contribution in [3.63, 3.8) is 0 Å². The molecule has 1 aromatic rings. The van der Waals surface area contributed by atoms with E-state index in [1.807, 2.05) is 13.8 Å². The van der Waals surface area contributed by atoms with Crippen molar-refractivity contribution >= 4 is 11.9 Å². The first kappa shape index (κ1) is 15.5. The third-order valence-corrected chi connectivity index (χ3v) is 3.96. The molecule has 1 saturated heterocycles. The predicted molar refractivity (Wildman–Crippen MR) is 73.7 cm³/mol. The lowest BCUT2D eigenvalue weighted by Crippen LogP contribution is -2.50. The fourth-order valence-corrected chi connectivity index (χ4v) is 2.54. The molecule has 2 heterocycles. The number of amides is 1. The third-order valence-electron chi connectivity index (χ3n) is 3.96. The number of rotatable bonds is 5. The zero-order chi connectivity index (χ0) is 15.6. The number of carbonyl (C=O) groups is 2. The summed E-state index contributed by atoms with van der Waals surface area (Å²) in [5.41, 5.74) is -1.09. The Bertz CT molecular complexity index is 540. The highest BCUT2D eigenvalue weighted by Gasteiger charge is 2.45. The molecular weight excluding hydrogens is 274 g/mol. The summed E-state index contributed by atoms with van der Waals surface area (Å²) in [5.74, 6) is 0.0827. The van der Waals surface area contributed by atoms with Gasteiger partial charge in [0.15, 0.2) is 5.82 Å². The van der Waals surface area contributed by atoms with E-state index in [0.717, 1.165) is 0 Å². The smallest absolute Gasteiger partial charge is 0.329 e. The van der Waals surface area contributed by atoms with Gasteiger partial charge in [-0.25, -0.2) is 4.79 Å². The van der Waals surface area contributed by atoms with Crippen molar-refractivity contribution < 1.29 is 19.2 Å². The molecule has 1 N–H and O–H groups in total. The van der Waals surface area contributed by atoms with Gasteiger partial charge in [-0.05, 0) is 19.8 Å². The van der Waals surface area contributed by atoms with Crippen LogP contribution in [0.5, 0.6) is 0 Å². The second kappa shape index (κ2) is 5.83. The van der Waals surface area contributed by atoms with Gasteiger partial charge in [-0.2, -0.15) is 4.98 Å². The molecule has 7 heteroatoms. The van der Waals surface area contributed by atoms with Crippen LogP contribution in [-0.2, 0) is 16.0 Å². The van der Waals surface area contributed by atoms with Gasteiger partial charge in [0, 0.05) is 25.3 Å². The van der Waals surface area contributed by atoms with Gasteiger partial charge < -0.3 is 14.5 Å². The average molecular weight is 295 g/mol. The van der Waals surface area contributed by atoms with Crippen molar-refractivity contribution in [1.29, 1.82) is 0 Å². The number of carboxylic acid groups (broad SMARTS) is 1. The lowest BCUT2D eigenvalue weighted by molar-refractivity contribution is -0.155. The van der Waals surface area contributed by atoms with E-state index in [4.69, 9.17) is 4.52 Å². The van der Waals surface area contributed by atoms with E-state index in [-0.39, 0.29) is 18.2 Å². The summed E-state index contributed by atoms with van der Waals surface area (Å²) in [6.07, 6.45) is 1.73. The van der Waals surface area contributed by atoms with E-state index in [9.17, 15) is 14.7 Å². The highest BCUT2D eigenvalue weighted by molar-refractivity contribution is 5.87. The molecule has 21 heavy (non-hydrogen) atoms. The fourth-order valence-electron chi connectivity index (χ4n) is 2.54. The van der Waals surface area contributed by atoms with Crippen LogP contribution in [0.15, 0.2) is 4.52 Å². The summed E-state index contributed by atoms with van der Waals surface area (Å²) < 4.78 is 5.09. The molecule has 1 aromatic heterocycles. The van der Waals surface area contributed by atoms with Crippen LogP contribution in [0, 0.1) is 0 Å². The Morgan fingerprint density at radius 3 is 2.76 bits per heavy atom. The number of aliphatic carboxylic acids is 1. The Kier molecular flexibility index (Phi) is 4.29. The largest absolute Gasteiger partial charge is 0.480 e. The van der Waals surface area contributed by atoms with Crippen LogP contribution in [0.4, 0.5) is 0 Å². The van der Waals surface area contributed by atoms with E-state index >= 15 is 0 Å². The average Bonchev–Trinajstić information content (AvgIpc) is 3.03. The van der Waals surface area contributed by atoms with Crippen molar-refractivity contribution in [3.8, 4) is 0 Å². The summed E-state index contributed by atoms with van der Waals surface area (Å²) in [7, 11) is 0. The van der Waals surface area contributed by atoms with E-state index in [0.29, 0.717) is 37.5 Å². The molecule has 2 rings (SSSR count). The van der Waals surface area contributed by atoms with Gasteiger partial charge >= 0.3 is 5.97 Å². The summed E-state index contributed by atoms with van der Waals surface area (Å²) in [5, 5.41) is 13.1. The minimum atomic E-state index is -1.09. The molecule has 7 nitrogen and oxygen atoms in total. The number of hydrogen-bond donors (Lipinski definition) is 1. The number of likely N-dealkylation sites (tertiary alicyclic amines) is 1. The van der Waals surface area contributed by atoms with Crippen molar-refractivity contribution in [2.45, 2.75) is 57.9 Å². The quantitative estimate of drug-likeness (QED) is 0.886. The van der Waals surface area contributed by atoms with Crippen LogP contribution in [0.1, 0.15) is 57.7 Å². The van der Waals surface area contributed by atoms with Crippen LogP contribution < -0.4 is 0 Å². The first-order valence-electron chi connectivity index (χ1n) is 7.21. The second-order valence-electron chi connectivity index (χ2n) is 5.93. The third kappa shape index (κ3) is 3.06. The topological polar surface area (TPSA) is 96.5 Å². The van der Waals surface area contributed by atoms with Gasteiger partial charge in [-0.1, -0.05) is 19.0 Å². The number of aromatic nitrogens is 2. The highest BCUT2D eigenvalue weighted by atomic mass is 16.5. The SMILES string of the molecule is CC(C)c1noc(CCC(=O)N2CCCC2(C)C(=O)O)n1. The van der Waals surface area contributed by atoms with Gasteiger partial charge in [-0.15, -0.1) is 0 Å². The van der Waals surface area contributed by atoms with E-state index in [1.165, 1.54) is 4.90 Å². The van der Waals surface area contributed by atoms with Crippen molar-refractivity contribution in [2.24, 2.45) is 0 Å². The number of carbonyl (C=O) groups excluding carboxylic acids is 1. The predicted octanol–water partition coefficient (Wildman–Crippen LogP) is 1.59. The fraction of sp³-hybridized carbons (Fsp3) is 0.714. The molecular formula is C14H21N3O4. The Balaban J connectivity index is 1.96. The number of carboxylic acids is 1. The highest BCUT2D eigenvalue weighted by Crippen LogP contribution is 2.30. The normalized spacial score (nSPS) is 22.0. The van der Waals surface area contributed by atoms with Crippen LogP contribution in [0.3, 0.4) is 0 Å². The molecule has 1 atom stereocenters. The first-order valence-corrected chi connectivity index (χ1v) is 7.21. The van der Waals surface area contributed by atoms with Crippen LogP contribution >= 0.6 is 0 Å². The van der Waals surface area contributed by atoms with E-state index in [2.05, 4.69) is 10.1 Å². The summed E-state index contributed by atoms with van der Waals surface area (Å²) in [6.45, 7) is 6.01. The molecule has 0 bridgehead atoms. The molecule has 1 amide bonds. The Hall–Kier alpha value is -1.92. The monoisotopic (exact) mass is 295 g/mol. The molecule has 0 aromatic carbocycles. The molecule has 1 unspecified atom stereocenters. The molecule has 0 radical (unpaired) electrons. The maximum atomic E-state index is 12.3. The second-order valence-corrected chi connectivity index (χ2v) is 5.93.